The number of rotatable bonds is 23. The Kier molecular flexibility index (Phi) is 20.9. The van der Waals surface area contributed by atoms with Crippen LogP contribution in [0.3, 0.4) is 0 Å². The van der Waals surface area contributed by atoms with Gasteiger partial charge in [0, 0.05) is 0 Å². The largest absolute Gasteiger partial charge is 1.00 e. The minimum Gasteiger partial charge on any atom is -0.744 e. The standard InChI is InChI=1S/C34H56O3S.Na/c1-3-5-7-9-11-13-15-17-19-21-25-30-29-34(38(35,36)37)33-28-24-23-27-32(33)31(30)26-22-20-18-16-14-12-10-8-6-4-2;/h23-24,27-29H,3-22,25-26H2,1-2H3,(H,35,36,37);/q;+1/p-1. The molecule has 0 atom stereocenters. The Bertz CT molecular complexity index is 1000. The van der Waals surface area contributed by atoms with Gasteiger partial charge in [0.25, 0.3) is 0 Å². The second-order valence-corrected chi connectivity index (χ2v) is 12.7. The summed E-state index contributed by atoms with van der Waals surface area (Å²) in [6.07, 6.45) is 27.6. The molecule has 2 rings (SSSR count). The van der Waals surface area contributed by atoms with E-state index in [-0.39, 0.29) is 34.5 Å². The van der Waals surface area contributed by atoms with Gasteiger partial charge in [-0.2, -0.15) is 0 Å². The molecule has 0 aromatic heterocycles. The van der Waals surface area contributed by atoms with Crippen LogP contribution >= 0.6 is 0 Å². The second kappa shape index (κ2) is 22.2. The van der Waals surface area contributed by atoms with Crippen molar-refractivity contribution in [2.45, 2.75) is 160 Å². The van der Waals surface area contributed by atoms with Gasteiger partial charge in [0.2, 0.25) is 0 Å². The Hall–Kier alpha value is -0.390. The van der Waals surface area contributed by atoms with E-state index in [0.717, 1.165) is 36.6 Å². The van der Waals surface area contributed by atoms with E-state index in [4.69, 9.17) is 0 Å². The Morgan fingerprint density at radius 1 is 0.564 bits per heavy atom. The van der Waals surface area contributed by atoms with Gasteiger partial charge in [0.05, 0.1) is 4.90 Å². The molecule has 0 spiro atoms. The fourth-order valence-corrected chi connectivity index (χ4v) is 6.51. The zero-order valence-corrected chi connectivity index (χ0v) is 28.4. The fourth-order valence-electron chi connectivity index (χ4n) is 5.77. The molecule has 0 unspecified atom stereocenters. The molecule has 0 aliphatic heterocycles. The van der Waals surface area contributed by atoms with Crippen LogP contribution in [0.15, 0.2) is 35.2 Å². The molecule has 39 heavy (non-hydrogen) atoms. The minimum atomic E-state index is -4.52. The summed E-state index contributed by atoms with van der Waals surface area (Å²) in [7, 11) is -4.52. The maximum absolute atomic E-state index is 12.1. The molecule has 0 saturated carbocycles. The van der Waals surface area contributed by atoms with E-state index in [0.29, 0.717) is 5.39 Å². The number of aryl methyl sites for hydroxylation is 2. The molecule has 2 aromatic carbocycles. The molecule has 0 saturated heterocycles. The van der Waals surface area contributed by atoms with Gasteiger partial charge in [-0.25, -0.2) is 8.42 Å². The summed E-state index contributed by atoms with van der Waals surface area (Å²) in [5.74, 6) is 0. The van der Waals surface area contributed by atoms with Gasteiger partial charge in [-0.15, -0.1) is 0 Å². The van der Waals surface area contributed by atoms with Gasteiger partial charge in [-0.1, -0.05) is 154 Å². The van der Waals surface area contributed by atoms with Crippen LogP contribution in [0.4, 0.5) is 0 Å². The normalized spacial score (nSPS) is 11.7. The molecule has 0 radical (unpaired) electrons. The third-order valence-corrected chi connectivity index (χ3v) is 8.94. The molecule has 0 fully saturated rings. The summed E-state index contributed by atoms with van der Waals surface area (Å²) >= 11 is 0. The first-order chi connectivity index (χ1) is 18.5. The first kappa shape index (κ1) is 36.6. The van der Waals surface area contributed by atoms with Crippen LogP contribution in [0, 0.1) is 0 Å². The molecular weight excluding hydrogens is 511 g/mol. The minimum absolute atomic E-state index is 0. The number of fused-ring (bicyclic) bond motifs is 1. The molecule has 0 aliphatic carbocycles. The first-order valence-electron chi connectivity index (χ1n) is 16.0. The van der Waals surface area contributed by atoms with Crippen LogP contribution in [0.2, 0.25) is 0 Å². The van der Waals surface area contributed by atoms with Crippen molar-refractivity contribution < 1.29 is 42.5 Å². The topological polar surface area (TPSA) is 57.2 Å². The fraction of sp³-hybridized carbons (Fsp3) is 0.706. The summed E-state index contributed by atoms with van der Waals surface area (Å²) in [5, 5.41) is 1.55. The summed E-state index contributed by atoms with van der Waals surface area (Å²) in [4.78, 5) is -0.0398. The predicted octanol–water partition coefficient (Wildman–Crippen LogP) is 7.67. The van der Waals surface area contributed by atoms with E-state index in [9.17, 15) is 13.0 Å². The third-order valence-electron chi connectivity index (χ3n) is 8.06. The molecule has 2 aromatic rings. The summed E-state index contributed by atoms with van der Waals surface area (Å²) in [6, 6.07) is 9.33. The summed E-state index contributed by atoms with van der Waals surface area (Å²) < 4.78 is 36.4. The Labute approximate surface area is 263 Å². The van der Waals surface area contributed by atoms with Crippen LogP contribution in [-0.2, 0) is 23.0 Å². The van der Waals surface area contributed by atoms with Gasteiger partial charge in [-0.05, 0) is 53.6 Å². The van der Waals surface area contributed by atoms with Gasteiger partial charge in [0.15, 0.2) is 0 Å². The molecule has 216 valence electrons. The summed E-state index contributed by atoms with van der Waals surface area (Å²) in [6.45, 7) is 4.52. The van der Waals surface area contributed by atoms with Gasteiger partial charge in [-0.3, -0.25) is 0 Å². The van der Waals surface area contributed by atoms with E-state index < -0.39 is 10.1 Å². The predicted molar refractivity (Wildman–Crippen MR) is 163 cm³/mol. The zero-order chi connectivity index (χ0) is 27.5. The van der Waals surface area contributed by atoms with Crippen molar-refractivity contribution in [3.63, 3.8) is 0 Å². The van der Waals surface area contributed by atoms with Crippen LogP contribution in [0.5, 0.6) is 0 Å². The molecule has 0 aliphatic rings. The van der Waals surface area contributed by atoms with Crippen LogP contribution in [0.1, 0.15) is 153 Å². The number of unbranched alkanes of at least 4 members (excludes halogenated alkanes) is 18. The van der Waals surface area contributed by atoms with Crippen molar-refractivity contribution in [1.82, 2.24) is 0 Å². The average molecular weight is 567 g/mol. The maximum Gasteiger partial charge on any atom is 1.00 e. The number of benzene rings is 2. The van der Waals surface area contributed by atoms with Crippen molar-refractivity contribution in [2.24, 2.45) is 0 Å². The molecule has 5 heteroatoms. The van der Waals surface area contributed by atoms with E-state index in [1.54, 1.807) is 12.1 Å². The molecule has 3 nitrogen and oxygen atoms in total. The molecule has 0 amide bonds. The van der Waals surface area contributed by atoms with Crippen LogP contribution in [-0.4, -0.2) is 13.0 Å². The van der Waals surface area contributed by atoms with Gasteiger partial charge >= 0.3 is 29.6 Å². The Balaban J connectivity index is 0.00000760. The zero-order valence-electron chi connectivity index (χ0n) is 25.6. The van der Waals surface area contributed by atoms with Crippen LogP contribution in [0.25, 0.3) is 10.8 Å². The monoisotopic (exact) mass is 566 g/mol. The number of hydrogen-bond acceptors (Lipinski definition) is 3. The van der Waals surface area contributed by atoms with Crippen molar-refractivity contribution in [1.29, 1.82) is 0 Å². The molecule has 0 N–H and O–H groups in total. The maximum atomic E-state index is 12.1. The van der Waals surface area contributed by atoms with E-state index in [1.807, 2.05) is 18.2 Å². The quantitative estimate of drug-likeness (QED) is 0.0788. The van der Waals surface area contributed by atoms with E-state index >= 15 is 0 Å². The molecular formula is C34H55NaO3S. The smallest absolute Gasteiger partial charge is 0.744 e. The van der Waals surface area contributed by atoms with Gasteiger partial charge < -0.3 is 4.55 Å². The van der Waals surface area contributed by atoms with Crippen molar-refractivity contribution in [2.75, 3.05) is 0 Å². The Morgan fingerprint density at radius 3 is 1.38 bits per heavy atom. The Morgan fingerprint density at radius 2 is 0.949 bits per heavy atom. The SMILES string of the molecule is CCCCCCCCCCCCc1cc(S(=O)(=O)[O-])c2ccccc2c1CCCCCCCCCCCC.[Na+]. The van der Waals surface area contributed by atoms with Crippen molar-refractivity contribution >= 4 is 20.9 Å². The van der Waals surface area contributed by atoms with Gasteiger partial charge in [0.1, 0.15) is 10.1 Å². The van der Waals surface area contributed by atoms with E-state index in [1.165, 1.54) is 121 Å². The average Bonchev–Trinajstić information content (AvgIpc) is 2.90. The summed E-state index contributed by atoms with van der Waals surface area (Å²) in [5.41, 5.74) is 2.34. The number of hydrogen-bond donors (Lipinski definition) is 0. The third kappa shape index (κ3) is 14.9. The van der Waals surface area contributed by atoms with Crippen molar-refractivity contribution in [3.8, 4) is 0 Å². The first-order valence-corrected chi connectivity index (χ1v) is 17.4. The molecule has 0 heterocycles. The van der Waals surface area contributed by atoms with Crippen LogP contribution < -0.4 is 29.6 Å². The molecule has 0 bridgehead atoms. The van der Waals surface area contributed by atoms with Crippen molar-refractivity contribution in [3.05, 3.63) is 41.5 Å². The second-order valence-electron chi connectivity index (χ2n) is 11.4. The van der Waals surface area contributed by atoms with E-state index in [2.05, 4.69) is 13.8 Å².